The van der Waals surface area contributed by atoms with Crippen molar-refractivity contribution in [3.63, 3.8) is 0 Å². The van der Waals surface area contributed by atoms with Gasteiger partial charge < -0.3 is 16.0 Å². The van der Waals surface area contributed by atoms with Gasteiger partial charge in [-0.2, -0.15) is 9.97 Å². The first-order valence-corrected chi connectivity index (χ1v) is 6.91. The van der Waals surface area contributed by atoms with Gasteiger partial charge in [0, 0.05) is 24.8 Å². The molecule has 106 valence electrons. The zero-order chi connectivity index (χ0) is 14.4. The van der Waals surface area contributed by atoms with E-state index in [9.17, 15) is 0 Å². The highest BCUT2D eigenvalue weighted by atomic mass is 15.2. The highest BCUT2D eigenvalue weighted by molar-refractivity contribution is 5.61. The van der Waals surface area contributed by atoms with Crippen LogP contribution < -0.4 is 16.0 Å². The van der Waals surface area contributed by atoms with Gasteiger partial charge in [0.2, 0.25) is 5.95 Å². The predicted molar refractivity (Wildman–Crippen MR) is 84.8 cm³/mol. The van der Waals surface area contributed by atoms with Gasteiger partial charge in [0.15, 0.2) is 0 Å². The van der Waals surface area contributed by atoms with Crippen molar-refractivity contribution in [3.8, 4) is 0 Å². The molecule has 0 fully saturated rings. The second-order valence-electron chi connectivity index (χ2n) is 4.51. The molecular weight excluding hydrogens is 250 g/mol. The quantitative estimate of drug-likeness (QED) is 0.751. The summed E-state index contributed by atoms with van der Waals surface area (Å²) in [6.07, 6.45) is 0. The van der Waals surface area contributed by atoms with Crippen LogP contribution in [0.5, 0.6) is 0 Å². The first-order chi connectivity index (χ1) is 9.71. The molecule has 1 aromatic carbocycles. The van der Waals surface area contributed by atoms with Crippen LogP contribution in [-0.2, 0) is 0 Å². The molecule has 0 saturated heterocycles. The fraction of sp³-hybridized carbons (Fsp3) is 0.333. The van der Waals surface area contributed by atoms with Crippen molar-refractivity contribution >= 4 is 23.3 Å². The van der Waals surface area contributed by atoms with E-state index >= 15 is 0 Å². The summed E-state index contributed by atoms with van der Waals surface area (Å²) in [6.45, 7) is 7.76. The van der Waals surface area contributed by atoms with E-state index in [1.807, 2.05) is 32.0 Å². The smallest absolute Gasteiger partial charge is 0.226 e. The van der Waals surface area contributed by atoms with Crippen molar-refractivity contribution in [2.24, 2.45) is 0 Å². The molecule has 0 aliphatic heterocycles. The van der Waals surface area contributed by atoms with E-state index in [4.69, 9.17) is 0 Å². The second-order valence-corrected chi connectivity index (χ2v) is 4.51. The molecule has 0 spiro atoms. The molecule has 1 aromatic heterocycles. The summed E-state index contributed by atoms with van der Waals surface area (Å²) in [5, 5.41) is 9.65. The predicted octanol–water partition coefficient (Wildman–Crippen LogP) is 3.39. The molecule has 2 aromatic rings. The maximum absolute atomic E-state index is 4.45. The van der Waals surface area contributed by atoms with Gasteiger partial charge in [-0.3, -0.25) is 0 Å². The highest BCUT2D eigenvalue weighted by Gasteiger charge is 2.04. The summed E-state index contributed by atoms with van der Waals surface area (Å²) in [6, 6.07) is 10.1. The van der Waals surface area contributed by atoms with E-state index in [2.05, 4.69) is 45.0 Å². The van der Waals surface area contributed by atoms with Crippen LogP contribution in [0.1, 0.15) is 19.4 Å². The fourth-order valence-corrected chi connectivity index (χ4v) is 1.80. The number of aromatic nitrogens is 2. The Morgan fingerprint density at radius 2 is 1.55 bits per heavy atom. The molecule has 0 radical (unpaired) electrons. The van der Waals surface area contributed by atoms with Crippen LogP contribution in [0.3, 0.4) is 0 Å². The van der Waals surface area contributed by atoms with E-state index in [0.717, 1.165) is 30.4 Å². The van der Waals surface area contributed by atoms with Gasteiger partial charge in [-0.05, 0) is 32.9 Å². The summed E-state index contributed by atoms with van der Waals surface area (Å²) in [4.78, 5) is 8.85. The molecule has 0 unspecified atom stereocenters. The van der Waals surface area contributed by atoms with Gasteiger partial charge in [-0.25, -0.2) is 0 Å². The first-order valence-electron chi connectivity index (χ1n) is 6.91. The molecule has 20 heavy (non-hydrogen) atoms. The standard InChI is InChI=1S/C15H21N5/c1-4-16-13-10-14(20-15(19-13)17-5-2)18-12-8-6-11(3)7-9-12/h6-10H,4-5H2,1-3H3,(H3,16,17,18,19,20). The van der Waals surface area contributed by atoms with Crippen LogP contribution in [0.25, 0.3) is 0 Å². The van der Waals surface area contributed by atoms with Crippen molar-refractivity contribution < 1.29 is 0 Å². The Kier molecular flexibility index (Phi) is 4.76. The first kappa shape index (κ1) is 14.1. The molecule has 0 atom stereocenters. The molecule has 5 nitrogen and oxygen atoms in total. The third-order valence-corrected chi connectivity index (χ3v) is 2.74. The van der Waals surface area contributed by atoms with Crippen molar-refractivity contribution in [3.05, 3.63) is 35.9 Å². The maximum Gasteiger partial charge on any atom is 0.226 e. The maximum atomic E-state index is 4.45. The minimum Gasteiger partial charge on any atom is -0.370 e. The molecule has 3 N–H and O–H groups in total. The van der Waals surface area contributed by atoms with Crippen molar-refractivity contribution in [1.29, 1.82) is 0 Å². The Hall–Kier alpha value is -2.30. The van der Waals surface area contributed by atoms with Gasteiger partial charge in [-0.1, -0.05) is 17.7 Å². The molecule has 5 heteroatoms. The van der Waals surface area contributed by atoms with Gasteiger partial charge in [0.1, 0.15) is 11.6 Å². The third-order valence-electron chi connectivity index (χ3n) is 2.74. The van der Waals surface area contributed by atoms with Gasteiger partial charge in [0.25, 0.3) is 0 Å². The van der Waals surface area contributed by atoms with Crippen LogP contribution in [0, 0.1) is 6.92 Å². The summed E-state index contributed by atoms with van der Waals surface area (Å²) in [5.74, 6) is 2.21. The second kappa shape index (κ2) is 6.75. The normalized spacial score (nSPS) is 10.2. The monoisotopic (exact) mass is 271 g/mol. The van der Waals surface area contributed by atoms with Crippen LogP contribution in [-0.4, -0.2) is 23.1 Å². The molecular formula is C15H21N5. The van der Waals surface area contributed by atoms with Crippen LogP contribution in [0.15, 0.2) is 30.3 Å². The number of rotatable bonds is 6. The third kappa shape index (κ3) is 3.85. The van der Waals surface area contributed by atoms with E-state index < -0.39 is 0 Å². The Bertz CT molecular complexity index is 526. The molecule has 1 heterocycles. The molecule has 0 bridgehead atoms. The van der Waals surface area contributed by atoms with Crippen LogP contribution in [0.2, 0.25) is 0 Å². The number of benzene rings is 1. The van der Waals surface area contributed by atoms with Crippen molar-refractivity contribution in [2.75, 3.05) is 29.0 Å². The van der Waals surface area contributed by atoms with Crippen LogP contribution in [0.4, 0.5) is 23.3 Å². The summed E-state index contributed by atoms with van der Waals surface area (Å²) in [7, 11) is 0. The van der Waals surface area contributed by atoms with E-state index in [1.54, 1.807) is 0 Å². The average Bonchev–Trinajstić information content (AvgIpc) is 2.42. The Balaban J connectivity index is 2.22. The lowest BCUT2D eigenvalue weighted by Gasteiger charge is -2.11. The molecule has 0 saturated carbocycles. The summed E-state index contributed by atoms with van der Waals surface area (Å²) in [5.41, 5.74) is 2.25. The zero-order valence-corrected chi connectivity index (χ0v) is 12.2. The molecule has 0 aliphatic carbocycles. The van der Waals surface area contributed by atoms with Crippen molar-refractivity contribution in [2.45, 2.75) is 20.8 Å². The van der Waals surface area contributed by atoms with Crippen LogP contribution >= 0.6 is 0 Å². The topological polar surface area (TPSA) is 61.9 Å². The lowest BCUT2D eigenvalue weighted by Crippen LogP contribution is -2.08. The Morgan fingerprint density at radius 1 is 0.900 bits per heavy atom. The van der Waals surface area contributed by atoms with Crippen molar-refractivity contribution in [1.82, 2.24) is 9.97 Å². The SMILES string of the molecule is CCNc1cc(Nc2ccc(C)cc2)nc(NCC)n1. The minimum absolute atomic E-state index is 0.626. The number of nitrogens with zero attached hydrogens (tertiary/aromatic N) is 2. The average molecular weight is 271 g/mol. The zero-order valence-electron chi connectivity index (χ0n) is 12.2. The van der Waals surface area contributed by atoms with E-state index in [-0.39, 0.29) is 0 Å². The lowest BCUT2D eigenvalue weighted by molar-refractivity contribution is 1.07. The number of nitrogens with one attached hydrogen (secondary N) is 3. The molecule has 0 aliphatic rings. The summed E-state index contributed by atoms with van der Waals surface area (Å²) < 4.78 is 0. The Labute approximate surface area is 119 Å². The number of hydrogen-bond donors (Lipinski definition) is 3. The number of anilines is 4. The van der Waals surface area contributed by atoms with Gasteiger partial charge in [0.05, 0.1) is 0 Å². The minimum atomic E-state index is 0.626. The van der Waals surface area contributed by atoms with Gasteiger partial charge >= 0.3 is 0 Å². The fourth-order valence-electron chi connectivity index (χ4n) is 1.80. The molecule has 0 amide bonds. The van der Waals surface area contributed by atoms with E-state index in [1.165, 1.54) is 5.56 Å². The molecule has 2 rings (SSSR count). The Morgan fingerprint density at radius 3 is 2.20 bits per heavy atom. The number of aryl methyl sites for hydroxylation is 1. The summed E-state index contributed by atoms with van der Waals surface area (Å²) >= 11 is 0. The largest absolute Gasteiger partial charge is 0.370 e. The van der Waals surface area contributed by atoms with E-state index in [0.29, 0.717) is 5.95 Å². The lowest BCUT2D eigenvalue weighted by atomic mass is 10.2. The highest BCUT2D eigenvalue weighted by Crippen LogP contribution is 2.19. The van der Waals surface area contributed by atoms with Gasteiger partial charge in [-0.15, -0.1) is 0 Å². The number of hydrogen-bond acceptors (Lipinski definition) is 5.